The van der Waals surface area contributed by atoms with E-state index in [4.69, 9.17) is 10.3 Å². The maximum atomic E-state index is 6.32. The first-order valence-electron chi connectivity index (χ1n) is 7.16. The normalized spacial score (nSPS) is 34.1. The smallest absolute Gasteiger partial charge is 0.231 e. The molecular formula is C14H23N3OS. The lowest BCUT2D eigenvalue weighted by Gasteiger charge is -2.24. The van der Waals surface area contributed by atoms with Crippen molar-refractivity contribution in [1.82, 2.24) is 10.1 Å². The second kappa shape index (κ2) is 4.77. The van der Waals surface area contributed by atoms with Crippen LogP contribution in [0.1, 0.15) is 57.7 Å². The fraction of sp³-hybridized carbons (Fsp3) is 0.857. The van der Waals surface area contributed by atoms with Crippen molar-refractivity contribution in [3.8, 4) is 0 Å². The predicted molar refractivity (Wildman–Crippen MR) is 76.9 cm³/mol. The highest BCUT2D eigenvalue weighted by molar-refractivity contribution is 7.99. The Morgan fingerprint density at radius 3 is 2.68 bits per heavy atom. The second-order valence-electron chi connectivity index (χ2n) is 6.89. The zero-order chi connectivity index (χ0) is 13.6. The van der Waals surface area contributed by atoms with Crippen molar-refractivity contribution >= 4 is 11.8 Å². The standard InChI is InChI=1S/C14H23N3OS/c1-14(2,3)19-7-10-16-13(18-17-10)11-8-4-5-9(6-8)12(11)15/h8-9,11-12H,4-7,15H2,1-3H3. The van der Waals surface area contributed by atoms with Gasteiger partial charge >= 0.3 is 0 Å². The molecule has 0 spiro atoms. The van der Waals surface area contributed by atoms with Crippen molar-refractivity contribution < 1.29 is 4.52 Å². The van der Waals surface area contributed by atoms with E-state index in [1.165, 1.54) is 19.3 Å². The number of nitrogens with two attached hydrogens (primary N) is 1. The third-order valence-corrected chi connectivity index (χ3v) is 5.65. The van der Waals surface area contributed by atoms with E-state index in [-0.39, 0.29) is 10.8 Å². The Kier molecular flexibility index (Phi) is 3.38. The molecular weight excluding hydrogens is 258 g/mol. The van der Waals surface area contributed by atoms with Gasteiger partial charge in [0, 0.05) is 10.8 Å². The molecule has 2 N–H and O–H groups in total. The van der Waals surface area contributed by atoms with Crippen LogP contribution in [0.25, 0.3) is 0 Å². The van der Waals surface area contributed by atoms with Gasteiger partial charge in [-0.15, -0.1) is 11.8 Å². The van der Waals surface area contributed by atoms with Crippen LogP contribution >= 0.6 is 11.8 Å². The minimum absolute atomic E-state index is 0.224. The van der Waals surface area contributed by atoms with Crippen molar-refractivity contribution in [1.29, 1.82) is 0 Å². The van der Waals surface area contributed by atoms with Gasteiger partial charge in [0.1, 0.15) is 0 Å². The first-order chi connectivity index (χ1) is 8.94. The summed E-state index contributed by atoms with van der Waals surface area (Å²) in [6.45, 7) is 6.60. The Hall–Kier alpha value is -0.550. The Labute approximate surface area is 118 Å². The molecule has 0 aromatic carbocycles. The lowest BCUT2D eigenvalue weighted by molar-refractivity contribution is 0.278. The lowest BCUT2D eigenvalue weighted by atomic mass is 9.85. The first-order valence-corrected chi connectivity index (χ1v) is 8.14. The van der Waals surface area contributed by atoms with Crippen LogP contribution in [0.2, 0.25) is 0 Å². The second-order valence-corrected chi connectivity index (χ2v) is 8.69. The summed E-state index contributed by atoms with van der Waals surface area (Å²) in [7, 11) is 0. The molecule has 2 saturated carbocycles. The summed E-state index contributed by atoms with van der Waals surface area (Å²) in [4.78, 5) is 4.59. The predicted octanol–water partition coefficient (Wildman–Crippen LogP) is 2.94. The third-order valence-electron chi connectivity index (χ3n) is 4.38. The highest BCUT2D eigenvalue weighted by Gasteiger charge is 2.48. The van der Waals surface area contributed by atoms with Crippen LogP contribution in [-0.2, 0) is 5.75 Å². The summed E-state index contributed by atoms with van der Waals surface area (Å²) < 4.78 is 5.71. The van der Waals surface area contributed by atoms with Crippen LogP contribution in [0, 0.1) is 11.8 Å². The van der Waals surface area contributed by atoms with Crippen molar-refractivity contribution in [2.24, 2.45) is 17.6 Å². The molecule has 0 amide bonds. The molecule has 0 saturated heterocycles. The van der Waals surface area contributed by atoms with E-state index >= 15 is 0 Å². The third kappa shape index (κ3) is 2.68. The molecule has 1 heterocycles. The fourth-order valence-corrected chi connectivity index (χ4v) is 4.12. The average molecular weight is 281 g/mol. The molecule has 2 aliphatic carbocycles. The van der Waals surface area contributed by atoms with E-state index in [1.807, 2.05) is 11.8 Å². The molecule has 0 aliphatic heterocycles. The van der Waals surface area contributed by atoms with Crippen LogP contribution < -0.4 is 5.73 Å². The van der Waals surface area contributed by atoms with Crippen molar-refractivity contribution in [3.63, 3.8) is 0 Å². The molecule has 4 unspecified atom stereocenters. The van der Waals surface area contributed by atoms with E-state index < -0.39 is 0 Å². The number of fused-ring (bicyclic) bond motifs is 2. The number of hydrogen-bond acceptors (Lipinski definition) is 5. The number of aromatic nitrogens is 2. The number of nitrogens with zero attached hydrogens (tertiary/aromatic N) is 2. The molecule has 19 heavy (non-hydrogen) atoms. The van der Waals surface area contributed by atoms with Gasteiger partial charge in [-0.1, -0.05) is 25.9 Å². The summed E-state index contributed by atoms with van der Waals surface area (Å²) in [6.07, 6.45) is 3.81. The van der Waals surface area contributed by atoms with Gasteiger partial charge in [-0.2, -0.15) is 4.98 Å². The Morgan fingerprint density at radius 2 is 2.05 bits per heavy atom. The molecule has 3 rings (SSSR count). The zero-order valence-electron chi connectivity index (χ0n) is 11.9. The Morgan fingerprint density at radius 1 is 1.32 bits per heavy atom. The lowest BCUT2D eigenvalue weighted by Crippen LogP contribution is -2.34. The van der Waals surface area contributed by atoms with Crippen LogP contribution in [-0.4, -0.2) is 20.9 Å². The maximum Gasteiger partial charge on any atom is 0.231 e. The van der Waals surface area contributed by atoms with Crippen molar-refractivity contribution in [3.05, 3.63) is 11.7 Å². The van der Waals surface area contributed by atoms with E-state index in [9.17, 15) is 0 Å². The van der Waals surface area contributed by atoms with Crippen LogP contribution in [0.5, 0.6) is 0 Å². The first kappa shape index (κ1) is 13.4. The van der Waals surface area contributed by atoms with Gasteiger partial charge in [-0.25, -0.2) is 0 Å². The molecule has 2 bridgehead atoms. The zero-order valence-corrected chi connectivity index (χ0v) is 12.7. The molecule has 5 heteroatoms. The average Bonchev–Trinajstić information content (AvgIpc) is 2.99. The van der Waals surface area contributed by atoms with E-state index in [1.54, 1.807) is 0 Å². The van der Waals surface area contributed by atoms with Gasteiger partial charge in [0.25, 0.3) is 0 Å². The number of rotatable bonds is 3. The summed E-state index contributed by atoms with van der Waals surface area (Å²) in [5.41, 5.74) is 6.32. The fourth-order valence-electron chi connectivity index (χ4n) is 3.44. The highest BCUT2D eigenvalue weighted by Crippen LogP contribution is 2.51. The van der Waals surface area contributed by atoms with Gasteiger partial charge in [0.15, 0.2) is 5.82 Å². The van der Waals surface area contributed by atoms with Gasteiger partial charge in [0.2, 0.25) is 5.89 Å². The largest absolute Gasteiger partial charge is 0.339 e. The molecule has 1 aromatic heterocycles. The molecule has 1 aromatic rings. The summed E-state index contributed by atoms with van der Waals surface area (Å²) in [5.74, 6) is 4.05. The molecule has 4 nitrogen and oxygen atoms in total. The topological polar surface area (TPSA) is 64.9 Å². The van der Waals surface area contributed by atoms with Gasteiger partial charge < -0.3 is 10.3 Å². The molecule has 2 aliphatic rings. The molecule has 0 radical (unpaired) electrons. The number of thioether (sulfide) groups is 1. The maximum absolute atomic E-state index is 6.32. The SMILES string of the molecule is CC(C)(C)SCc1noc(C2C3CCC(C3)C2N)n1. The monoisotopic (exact) mass is 281 g/mol. The van der Waals surface area contributed by atoms with Crippen molar-refractivity contribution in [2.45, 2.75) is 62.5 Å². The summed E-state index contributed by atoms with van der Waals surface area (Å²) >= 11 is 1.84. The van der Waals surface area contributed by atoms with E-state index in [0.717, 1.165) is 17.5 Å². The highest BCUT2D eigenvalue weighted by atomic mass is 32.2. The van der Waals surface area contributed by atoms with E-state index in [2.05, 4.69) is 30.9 Å². The van der Waals surface area contributed by atoms with E-state index in [0.29, 0.717) is 17.8 Å². The molecule has 2 fully saturated rings. The Balaban J connectivity index is 1.68. The Bertz CT molecular complexity index is 452. The van der Waals surface area contributed by atoms with Crippen LogP contribution in [0.3, 0.4) is 0 Å². The quantitative estimate of drug-likeness (QED) is 0.922. The van der Waals surface area contributed by atoms with Crippen molar-refractivity contribution in [2.75, 3.05) is 0 Å². The minimum atomic E-state index is 0.224. The summed E-state index contributed by atoms with van der Waals surface area (Å²) in [6, 6.07) is 0.224. The number of hydrogen-bond donors (Lipinski definition) is 1. The van der Waals surface area contributed by atoms with Crippen LogP contribution in [0.15, 0.2) is 4.52 Å². The van der Waals surface area contributed by atoms with Gasteiger partial charge in [-0.3, -0.25) is 0 Å². The van der Waals surface area contributed by atoms with Gasteiger partial charge in [-0.05, 0) is 31.1 Å². The minimum Gasteiger partial charge on any atom is -0.339 e. The molecule has 4 atom stereocenters. The van der Waals surface area contributed by atoms with Crippen LogP contribution in [0.4, 0.5) is 0 Å². The molecule has 106 valence electrons. The van der Waals surface area contributed by atoms with Gasteiger partial charge in [0.05, 0.1) is 11.7 Å². The summed E-state index contributed by atoms with van der Waals surface area (Å²) in [5, 5.41) is 4.12.